The molecule has 0 bridgehead atoms. The number of sulfonamides is 1. The number of rotatable bonds is 9. The minimum Gasteiger partial charge on any atom is -0.495 e. The summed E-state index contributed by atoms with van der Waals surface area (Å²) in [7, 11) is -2.78. The average molecular weight is 394 g/mol. The summed E-state index contributed by atoms with van der Waals surface area (Å²) in [5.41, 5.74) is 1.07. The molecular formula is C19H23FN2O4S. The van der Waals surface area contributed by atoms with E-state index in [0.29, 0.717) is 13.0 Å². The molecule has 2 rings (SSSR count). The maximum atomic E-state index is 13.6. The predicted molar refractivity (Wildman–Crippen MR) is 101 cm³/mol. The maximum absolute atomic E-state index is 13.6. The highest BCUT2D eigenvalue weighted by atomic mass is 32.2. The highest BCUT2D eigenvalue weighted by molar-refractivity contribution is 7.89. The third-order valence-electron chi connectivity index (χ3n) is 3.99. The molecule has 0 atom stereocenters. The molecule has 0 aliphatic rings. The Kier molecular flexibility index (Phi) is 7.32. The first-order chi connectivity index (χ1) is 12.9. The van der Waals surface area contributed by atoms with Crippen molar-refractivity contribution in [1.82, 2.24) is 9.62 Å². The van der Waals surface area contributed by atoms with Gasteiger partial charge in [0.05, 0.1) is 13.7 Å². The van der Waals surface area contributed by atoms with E-state index in [0.717, 1.165) is 22.0 Å². The summed E-state index contributed by atoms with van der Waals surface area (Å²) >= 11 is 0. The van der Waals surface area contributed by atoms with Gasteiger partial charge in [-0.1, -0.05) is 37.3 Å². The molecule has 0 aromatic heterocycles. The SMILES string of the molecule is CCN(CC(=O)NCCc1ccccc1)S(=O)(=O)c1cc(F)ccc1OC. The molecule has 0 fully saturated rings. The Morgan fingerprint density at radius 2 is 1.89 bits per heavy atom. The van der Waals surface area contributed by atoms with Crippen molar-refractivity contribution in [2.24, 2.45) is 0 Å². The first-order valence-electron chi connectivity index (χ1n) is 8.52. The highest BCUT2D eigenvalue weighted by Gasteiger charge is 2.28. The normalized spacial score (nSPS) is 11.4. The lowest BCUT2D eigenvalue weighted by Crippen LogP contribution is -2.41. The van der Waals surface area contributed by atoms with Crippen molar-refractivity contribution in [2.45, 2.75) is 18.2 Å². The van der Waals surface area contributed by atoms with Gasteiger partial charge < -0.3 is 10.1 Å². The molecule has 8 heteroatoms. The number of nitrogens with zero attached hydrogens (tertiary/aromatic N) is 1. The van der Waals surface area contributed by atoms with Crippen molar-refractivity contribution < 1.29 is 22.3 Å². The van der Waals surface area contributed by atoms with Crippen LogP contribution in [0.2, 0.25) is 0 Å². The van der Waals surface area contributed by atoms with E-state index in [1.54, 1.807) is 6.92 Å². The quantitative estimate of drug-likeness (QED) is 0.708. The summed E-state index contributed by atoms with van der Waals surface area (Å²) in [6.07, 6.45) is 0.642. The summed E-state index contributed by atoms with van der Waals surface area (Å²) in [5, 5.41) is 2.71. The second-order valence-corrected chi connectivity index (χ2v) is 7.72. The second-order valence-electron chi connectivity index (χ2n) is 5.81. The van der Waals surface area contributed by atoms with Crippen LogP contribution in [-0.2, 0) is 21.2 Å². The monoisotopic (exact) mass is 394 g/mol. The van der Waals surface area contributed by atoms with Crippen molar-refractivity contribution in [3.63, 3.8) is 0 Å². The number of hydrogen-bond donors (Lipinski definition) is 1. The van der Waals surface area contributed by atoms with Crippen LogP contribution in [0, 0.1) is 5.82 Å². The highest BCUT2D eigenvalue weighted by Crippen LogP contribution is 2.27. The van der Waals surface area contributed by atoms with Crippen LogP contribution in [0.15, 0.2) is 53.4 Å². The Labute approximate surface area is 159 Å². The number of benzene rings is 2. The van der Waals surface area contributed by atoms with Gasteiger partial charge in [0.15, 0.2) is 0 Å². The standard InChI is InChI=1S/C19H23FN2O4S/c1-3-22(14-19(23)21-12-11-15-7-5-4-6-8-15)27(24,25)18-13-16(20)9-10-17(18)26-2/h4-10,13H,3,11-12,14H2,1-2H3,(H,21,23). The van der Waals surface area contributed by atoms with E-state index in [2.05, 4.69) is 5.32 Å². The van der Waals surface area contributed by atoms with E-state index >= 15 is 0 Å². The van der Waals surface area contributed by atoms with Crippen LogP contribution in [0.5, 0.6) is 5.75 Å². The Hall–Kier alpha value is -2.45. The van der Waals surface area contributed by atoms with Gasteiger partial charge in [-0.05, 0) is 30.2 Å². The molecule has 0 aliphatic carbocycles. The topological polar surface area (TPSA) is 75.7 Å². The van der Waals surface area contributed by atoms with E-state index in [4.69, 9.17) is 4.74 Å². The van der Waals surface area contributed by atoms with E-state index in [1.807, 2.05) is 30.3 Å². The molecule has 1 N–H and O–H groups in total. The third kappa shape index (κ3) is 5.51. The Bertz CT molecular complexity index is 873. The number of methoxy groups -OCH3 is 1. The van der Waals surface area contributed by atoms with Gasteiger partial charge >= 0.3 is 0 Å². The van der Waals surface area contributed by atoms with E-state index in [9.17, 15) is 17.6 Å². The zero-order valence-corrected chi connectivity index (χ0v) is 16.1. The van der Waals surface area contributed by atoms with Gasteiger partial charge in [0.25, 0.3) is 0 Å². The molecule has 0 aliphatic heterocycles. The van der Waals surface area contributed by atoms with Gasteiger partial charge in [0.2, 0.25) is 15.9 Å². The Morgan fingerprint density at radius 3 is 2.52 bits per heavy atom. The number of hydrogen-bond acceptors (Lipinski definition) is 4. The second kappa shape index (κ2) is 9.48. The molecule has 146 valence electrons. The number of likely N-dealkylation sites (N-methyl/N-ethyl adjacent to an activating group) is 1. The number of halogens is 1. The predicted octanol–water partition coefficient (Wildman–Crippen LogP) is 2.20. The summed E-state index contributed by atoms with van der Waals surface area (Å²) in [6, 6.07) is 12.9. The molecule has 0 spiro atoms. The Morgan fingerprint density at radius 1 is 1.19 bits per heavy atom. The number of amides is 1. The largest absolute Gasteiger partial charge is 0.495 e. The average Bonchev–Trinajstić information content (AvgIpc) is 2.66. The number of carbonyl (C=O) groups excluding carboxylic acids is 1. The van der Waals surface area contributed by atoms with Gasteiger partial charge in [-0.3, -0.25) is 4.79 Å². The van der Waals surface area contributed by atoms with E-state index in [-0.39, 0.29) is 23.7 Å². The van der Waals surface area contributed by atoms with Crippen LogP contribution >= 0.6 is 0 Å². The lowest BCUT2D eigenvalue weighted by atomic mass is 10.1. The number of ether oxygens (including phenoxy) is 1. The van der Waals surface area contributed by atoms with Gasteiger partial charge in [-0.15, -0.1) is 0 Å². The van der Waals surface area contributed by atoms with Crippen LogP contribution in [0.3, 0.4) is 0 Å². The van der Waals surface area contributed by atoms with Gasteiger partial charge in [-0.2, -0.15) is 4.31 Å². The molecule has 0 saturated heterocycles. The van der Waals surface area contributed by atoms with Crippen molar-refractivity contribution in [3.05, 3.63) is 59.9 Å². The van der Waals surface area contributed by atoms with Crippen molar-refractivity contribution in [2.75, 3.05) is 26.7 Å². The molecule has 0 unspecified atom stereocenters. The molecule has 0 heterocycles. The zero-order valence-electron chi connectivity index (χ0n) is 15.3. The molecule has 2 aromatic carbocycles. The van der Waals surface area contributed by atoms with Crippen LogP contribution < -0.4 is 10.1 Å². The van der Waals surface area contributed by atoms with Crippen LogP contribution in [0.1, 0.15) is 12.5 Å². The summed E-state index contributed by atoms with van der Waals surface area (Å²) < 4.78 is 45.2. The van der Waals surface area contributed by atoms with Gasteiger partial charge in [0, 0.05) is 13.1 Å². The van der Waals surface area contributed by atoms with Gasteiger partial charge in [-0.25, -0.2) is 12.8 Å². The third-order valence-corrected chi connectivity index (χ3v) is 5.94. The molecule has 27 heavy (non-hydrogen) atoms. The molecule has 0 saturated carbocycles. The fourth-order valence-corrected chi connectivity index (χ4v) is 4.14. The number of carbonyl (C=O) groups is 1. The van der Waals surface area contributed by atoms with Crippen LogP contribution in [-0.4, -0.2) is 45.4 Å². The minimum atomic E-state index is -4.08. The van der Waals surface area contributed by atoms with Gasteiger partial charge in [0.1, 0.15) is 16.5 Å². The molecular weight excluding hydrogens is 371 g/mol. The molecule has 2 aromatic rings. The maximum Gasteiger partial charge on any atom is 0.247 e. The van der Waals surface area contributed by atoms with Crippen LogP contribution in [0.4, 0.5) is 4.39 Å². The first kappa shape index (κ1) is 20.9. The lowest BCUT2D eigenvalue weighted by Gasteiger charge is -2.21. The van der Waals surface area contributed by atoms with Crippen molar-refractivity contribution >= 4 is 15.9 Å². The van der Waals surface area contributed by atoms with E-state index < -0.39 is 21.7 Å². The fourth-order valence-electron chi connectivity index (χ4n) is 2.56. The molecule has 0 radical (unpaired) electrons. The summed E-state index contributed by atoms with van der Waals surface area (Å²) in [4.78, 5) is 11.9. The lowest BCUT2D eigenvalue weighted by molar-refractivity contribution is -0.121. The summed E-state index contributed by atoms with van der Waals surface area (Å²) in [5.74, 6) is -1.09. The van der Waals surface area contributed by atoms with Crippen molar-refractivity contribution in [1.29, 1.82) is 0 Å². The molecule has 6 nitrogen and oxygen atoms in total. The fraction of sp³-hybridized carbons (Fsp3) is 0.316. The van der Waals surface area contributed by atoms with E-state index in [1.165, 1.54) is 13.2 Å². The Balaban J connectivity index is 2.04. The van der Waals surface area contributed by atoms with Crippen LogP contribution in [0.25, 0.3) is 0 Å². The smallest absolute Gasteiger partial charge is 0.247 e. The first-order valence-corrected chi connectivity index (χ1v) is 9.96. The number of nitrogens with one attached hydrogen (secondary N) is 1. The zero-order chi connectivity index (χ0) is 19.9. The minimum absolute atomic E-state index is 0.0272. The molecule has 1 amide bonds. The van der Waals surface area contributed by atoms with Crippen molar-refractivity contribution in [3.8, 4) is 5.75 Å². The summed E-state index contributed by atoms with van der Waals surface area (Å²) in [6.45, 7) is 1.71.